The van der Waals surface area contributed by atoms with E-state index in [1.807, 2.05) is 6.92 Å². The third kappa shape index (κ3) is 1.50. The van der Waals surface area contributed by atoms with Gasteiger partial charge in [0, 0.05) is 23.8 Å². The minimum absolute atomic E-state index is 0.183. The molecule has 1 saturated heterocycles. The summed E-state index contributed by atoms with van der Waals surface area (Å²) in [5.41, 5.74) is 1.09. The lowest BCUT2D eigenvalue weighted by atomic mass is 10.0. The Morgan fingerprint density at radius 3 is 2.67 bits per heavy atom. The molecule has 0 unspecified atom stereocenters. The highest BCUT2D eigenvalue weighted by atomic mass is 16.3. The summed E-state index contributed by atoms with van der Waals surface area (Å²) in [6.07, 6.45) is 1.59. The van der Waals surface area contributed by atoms with Gasteiger partial charge in [-0.25, -0.2) is 0 Å². The maximum Gasteiger partial charge on any atom is 0.272 e. The van der Waals surface area contributed by atoms with Crippen molar-refractivity contribution in [2.24, 2.45) is 0 Å². The van der Waals surface area contributed by atoms with Gasteiger partial charge >= 0.3 is 0 Å². The van der Waals surface area contributed by atoms with Crippen molar-refractivity contribution < 1.29 is 10.2 Å². The number of nitrogens with one attached hydrogen (secondary N) is 3. The van der Waals surface area contributed by atoms with Crippen molar-refractivity contribution in [3.63, 3.8) is 0 Å². The second-order valence-corrected chi connectivity index (χ2v) is 4.75. The van der Waals surface area contributed by atoms with Crippen molar-refractivity contribution in [3.05, 3.63) is 34.4 Å². The predicted molar refractivity (Wildman–Crippen MR) is 66.3 cm³/mol. The molecule has 0 radical (unpaired) electrons. The van der Waals surface area contributed by atoms with E-state index in [1.165, 1.54) is 0 Å². The lowest BCUT2D eigenvalue weighted by Gasteiger charge is -2.15. The first kappa shape index (κ1) is 11.5. The minimum atomic E-state index is -0.877. The van der Waals surface area contributed by atoms with Gasteiger partial charge in [0.2, 0.25) is 0 Å². The monoisotopic (exact) mass is 249 g/mol. The molecule has 1 fully saturated rings. The molecule has 0 bridgehead atoms. The standard InChI is InChI=1S/C12H15N3O3/c1-5-10(16)11(17)8(15-5)7-4-14-9-6(7)2-3-13-12(9)18/h2-5,8,10-11,14-17H,1H3,(H,13,18)/t5-,8+,10-,11+/m1/s1. The topological polar surface area (TPSA) is 101 Å². The molecule has 2 aromatic heterocycles. The number of rotatable bonds is 1. The zero-order valence-electron chi connectivity index (χ0n) is 9.84. The van der Waals surface area contributed by atoms with Crippen LogP contribution in [0.25, 0.3) is 10.9 Å². The van der Waals surface area contributed by atoms with E-state index in [2.05, 4.69) is 15.3 Å². The Kier molecular flexibility index (Phi) is 2.51. The summed E-state index contributed by atoms with van der Waals surface area (Å²) in [5, 5.41) is 23.7. The Morgan fingerprint density at radius 2 is 2.00 bits per heavy atom. The Morgan fingerprint density at radius 1 is 1.22 bits per heavy atom. The molecule has 0 spiro atoms. The van der Waals surface area contributed by atoms with Gasteiger partial charge in [0.25, 0.3) is 5.56 Å². The molecule has 6 nitrogen and oxygen atoms in total. The molecule has 6 heteroatoms. The molecule has 1 aliphatic heterocycles. The van der Waals surface area contributed by atoms with E-state index in [-0.39, 0.29) is 17.6 Å². The molecule has 0 saturated carbocycles. The van der Waals surface area contributed by atoms with E-state index in [9.17, 15) is 15.0 Å². The molecule has 0 amide bonds. The van der Waals surface area contributed by atoms with Crippen LogP contribution in [0, 0.1) is 0 Å². The summed E-state index contributed by atoms with van der Waals surface area (Å²) >= 11 is 0. The Balaban J connectivity index is 2.11. The van der Waals surface area contributed by atoms with Crippen LogP contribution in [0.15, 0.2) is 23.3 Å². The van der Waals surface area contributed by atoms with Crippen molar-refractivity contribution in [1.29, 1.82) is 0 Å². The van der Waals surface area contributed by atoms with Crippen LogP contribution >= 0.6 is 0 Å². The van der Waals surface area contributed by atoms with Crippen LogP contribution < -0.4 is 10.9 Å². The van der Waals surface area contributed by atoms with Crippen LogP contribution in [0.2, 0.25) is 0 Å². The maximum atomic E-state index is 11.6. The molecule has 96 valence electrons. The number of H-pyrrole nitrogens is 2. The van der Waals surface area contributed by atoms with Crippen LogP contribution in [0.3, 0.4) is 0 Å². The fourth-order valence-corrected chi connectivity index (χ4v) is 2.59. The summed E-state index contributed by atoms with van der Waals surface area (Å²) in [5.74, 6) is 0. The number of aliphatic hydroxyl groups excluding tert-OH is 2. The van der Waals surface area contributed by atoms with Gasteiger partial charge in [-0.15, -0.1) is 0 Å². The van der Waals surface area contributed by atoms with Crippen molar-refractivity contribution in [1.82, 2.24) is 15.3 Å². The first-order chi connectivity index (χ1) is 8.59. The summed E-state index contributed by atoms with van der Waals surface area (Å²) in [6, 6.07) is 1.23. The van der Waals surface area contributed by atoms with Crippen molar-refractivity contribution in [2.45, 2.75) is 31.2 Å². The summed E-state index contributed by atoms with van der Waals surface area (Å²) in [6.45, 7) is 1.82. The van der Waals surface area contributed by atoms with Crippen LogP contribution in [0.4, 0.5) is 0 Å². The number of fused-ring (bicyclic) bond motifs is 1. The third-order valence-electron chi connectivity index (χ3n) is 3.63. The first-order valence-corrected chi connectivity index (χ1v) is 5.90. The van der Waals surface area contributed by atoms with E-state index in [4.69, 9.17) is 0 Å². The second-order valence-electron chi connectivity index (χ2n) is 4.75. The SMILES string of the molecule is C[C@H]1N[C@@H](c2c[nH]c3c(=O)[nH]ccc23)[C@H](O)[C@@H]1O. The zero-order chi connectivity index (χ0) is 12.9. The summed E-state index contributed by atoms with van der Waals surface area (Å²) in [7, 11) is 0. The Bertz CT molecular complexity index is 633. The highest BCUT2D eigenvalue weighted by molar-refractivity contribution is 5.82. The lowest BCUT2D eigenvalue weighted by Crippen LogP contribution is -2.29. The number of pyridine rings is 1. The van der Waals surface area contributed by atoms with Gasteiger partial charge < -0.3 is 25.5 Å². The number of hydrogen-bond donors (Lipinski definition) is 5. The van der Waals surface area contributed by atoms with Crippen molar-refractivity contribution >= 4 is 10.9 Å². The van der Waals surface area contributed by atoms with E-state index in [0.29, 0.717) is 5.52 Å². The molecule has 4 atom stereocenters. The third-order valence-corrected chi connectivity index (χ3v) is 3.63. The molecule has 5 N–H and O–H groups in total. The molecular formula is C12H15N3O3. The van der Waals surface area contributed by atoms with Crippen molar-refractivity contribution in [3.8, 4) is 0 Å². The average molecular weight is 249 g/mol. The quantitative estimate of drug-likeness (QED) is 0.475. The highest BCUT2D eigenvalue weighted by Crippen LogP contribution is 2.31. The molecule has 18 heavy (non-hydrogen) atoms. The second kappa shape index (κ2) is 3.94. The number of hydrogen-bond acceptors (Lipinski definition) is 4. The minimum Gasteiger partial charge on any atom is -0.389 e. The van der Waals surface area contributed by atoms with Crippen molar-refractivity contribution in [2.75, 3.05) is 0 Å². The number of aliphatic hydroxyl groups is 2. The molecular weight excluding hydrogens is 234 g/mol. The maximum absolute atomic E-state index is 11.6. The van der Waals surface area contributed by atoms with Gasteiger partial charge in [-0.1, -0.05) is 0 Å². The van der Waals surface area contributed by atoms with Gasteiger partial charge in [0.1, 0.15) is 11.6 Å². The lowest BCUT2D eigenvalue weighted by molar-refractivity contribution is 0.0303. The Hall–Kier alpha value is -1.63. The van der Waals surface area contributed by atoms with Crippen LogP contribution in [-0.2, 0) is 0 Å². The fraction of sp³-hybridized carbons (Fsp3) is 0.417. The average Bonchev–Trinajstić information content (AvgIpc) is 2.88. The van der Waals surface area contributed by atoms with Crippen LogP contribution in [0.1, 0.15) is 18.5 Å². The molecule has 2 aromatic rings. The smallest absolute Gasteiger partial charge is 0.272 e. The van der Waals surface area contributed by atoms with E-state index in [1.54, 1.807) is 18.5 Å². The van der Waals surface area contributed by atoms with Crippen LogP contribution in [0.5, 0.6) is 0 Å². The normalized spacial score (nSPS) is 32.2. The largest absolute Gasteiger partial charge is 0.389 e. The molecule has 3 rings (SSSR count). The number of aromatic amines is 2. The number of aromatic nitrogens is 2. The van der Waals surface area contributed by atoms with Gasteiger partial charge in [0.15, 0.2) is 0 Å². The van der Waals surface area contributed by atoms with E-state index < -0.39 is 12.2 Å². The van der Waals surface area contributed by atoms with Gasteiger partial charge in [-0.05, 0) is 18.6 Å². The van der Waals surface area contributed by atoms with E-state index >= 15 is 0 Å². The van der Waals surface area contributed by atoms with Gasteiger partial charge in [-0.3, -0.25) is 4.79 Å². The fourth-order valence-electron chi connectivity index (χ4n) is 2.59. The van der Waals surface area contributed by atoms with Gasteiger partial charge in [0.05, 0.1) is 12.1 Å². The predicted octanol–water partition coefficient (Wildman–Crippen LogP) is -0.389. The summed E-state index contributed by atoms with van der Waals surface area (Å²) in [4.78, 5) is 17.1. The zero-order valence-corrected chi connectivity index (χ0v) is 9.84. The highest BCUT2D eigenvalue weighted by Gasteiger charge is 2.40. The Labute approximate surface area is 103 Å². The molecule has 0 aliphatic carbocycles. The first-order valence-electron chi connectivity index (χ1n) is 5.90. The van der Waals surface area contributed by atoms with Gasteiger partial charge in [-0.2, -0.15) is 0 Å². The molecule has 3 heterocycles. The molecule has 0 aromatic carbocycles. The summed E-state index contributed by atoms with van der Waals surface area (Å²) < 4.78 is 0. The van der Waals surface area contributed by atoms with Crippen LogP contribution in [-0.4, -0.2) is 38.4 Å². The molecule has 1 aliphatic rings. The van der Waals surface area contributed by atoms with E-state index in [0.717, 1.165) is 10.9 Å².